The van der Waals surface area contributed by atoms with E-state index in [-0.39, 0.29) is 5.25 Å². The van der Waals surface area contributed by atoms with Crippen LogP contribution in [0.1, 0.15) is 13.8 Å². The van der Waals surface area contributed by atoms with Crippen LogP contribution in [0, 0.1) is 11.3 Å². The van der Waals surface area contributed by atoms with Gasteiger partial charge in [-0.25, -0.2) is 4.98 Å². The minimum absolute atomic E-state index is 0.109. The van der Waals surface area contributed by atoms with Crippen LogP contribution in [-0.4, -0.2) is 21.8 Å². The molecule has 0 bridgehead atoms. The van der Waals surface area contributed by atoms with Crippen molar-refractivity contribution in [3.05, 3.63) is 18.2 Å². The van der Waals surface area contributed by atoms with Crippen LogP contribution in [0.15, 0.2) is 23.4 Å². The molecule has 0 aliphatic rings. The van der Waals surface area contributed by atoms with Gasteiger partial charge >= 0.3 is 0 Å². The van der Waals surface area contributed by atoms with Crippen LogP contribution in [-0.2, 0) is 0 Å². The molecule has 2 aromatic rings. The number of thioether (sulfide) groups is 1. The van der Waals surface area contributed by atoms with Crippen LogP contribution >= 0.6 is 11.8 Å². The standard InChI is InChI=1S/C12H13N3OS/c1-3-16-9-4-5-10-11(6-9)15-12(14-10)17-8(2)7-13/h4-6,8H,3H2,1-2H3,(H,14,15)/t8-/m0/s1. The maximum absolute atomic E-state index is 8.75. The monoisotopic (exact) mass is 247 g/mol. The van der Waals surface area contributed by atoms with Crippen LogP contribution < -0.4 is 4.74 Å². The zero-order valence-corrected chi connectivity index (χ0v) is 10.5. The van der Waals surface area contributed by atoms with Crippen molar-refractivity contribution in [3.8, 4) is 11.8 Å². The molecule has 0 aliphatic heterocycles. The number of benzene rings is 1. The Morgan fingerprint density at radius 1 is 1.59 bits per heavy atom. The Morgan fingerprint density at radius 3 is 3.12 bits per heavy atom. The van der Waals surface area contributed by atoms with Crippen LogP contribution in [0.3, 0.4) is 0 Å². The summed E-state index contributed by atoms with van der Waals surface area (Å²) in [5.74, 6) is 0.827. The highest BCUT2D eigenvalue weighted by atomic mass is 32.2. The van der Waals surface area contributed by atoms with E-state index in [9.17, 15) is 0 Å². The maximum atomic E-state index is 8.75. The van der Waals surface area contributed by atoms with Crippen molar-refractivity contribution in [2.45, 2.75) is 24.3 Å². The highest BCUT2D eigenvalue weighted by molar-refractivity contribution is 8.00. The molecule has 5 heteroatoms. The Kier molecular flexibility index (Phi) is 3.55. The van der Waals surface area contributed by atoms with E-state index < -0.39 is 0 Å². The molecular formula is C12H13N3OS. The van der Waals surface area contributed by atoms with Crippen molar-refractivity contribution < 1.29 is 4.74 Å². The number of nitrogens with one attached hydrogen (secondary N) is 1. The van der Waals surface area contributed by atoms with Crippen molar-refractivity contribution in [2.24, 2.45) is 0 Å². The molecule has 0 aliphatic carbocycles. The Balaban J connectivity index is 2.28. The third kappa shape index (κ3) is 2.71. The minimum atomic E-state index is -0.109. The first-order valence-corrected chi connectivity index (χ1v) is 6.29. The fraction of sp³-hybridized carbons (Fsp3) is 0.333. The predicted molar refractivity (Wildman–Crippen MR) is 68.2 cm³/mol. The molecule has 1 heterocycles. The van der Waals surface area contributed by atoms with E-state index >= 15 is 0 Å². The number of nitriles is 1. The average molecular weight is 247 g/mol. The molecule has 0 fully saturated rings. The lowest BCUT2D eigenvalue weighted by atomic mass is 10.3. The summed E-state index contributed by atoms with van der Waals surface area (Å²) in [4.78, 5) is 7.58. The lowest BCUT2D eigenvalue weighted by Crippen LogP contribution is -1.90. The molecule has 0 saturated carbocycles. The van der Waals surface area contributed by atoms with Gasteiger partial charge < -0.3 is 9.72 Å². The Labute approximate surface area is 104 Å². The molecule has 0 saturated heterocycles. The zero-order chi connectivity index (χ0) is 12.3. The van der Waals surface area contributed by atoms with Crippen LogP contribution in [0.5, 0.6) is 5.75 Å². The van der Waals surface area contributed by atoms with E-state index in [1.807, 2.05) is 32.0 Å². The molecule has 2 rings (SSSR count). The molecule has 0 amide bonds. The number of hydrogen-bond acceptors (Lipinski definition) is 4. The lowest BCUT2D eigenvalue weighted by Gasteiger charge is -2.00. The van der Waals surface area contributed by atoms with E-state index in [1.54, 1.807) is 0 Å². The number of fused-ring (bicyclic) bond motifs is 1. The van der Waals surface area contributed by atoms with Gasteiger partial charge in [0.15, 0.2) is 5.16 Å². The van der Waals surface area contributed by atoms with Crippen LogP contribution in [0.4, 0.5) is 0 Å². The number of ether oxygens (including phenoxy) is 1. The average Bonchev–Trinajstić information content (AvgIpc) is 2.70. The molecule has 1 aromatic carbocycles. The topological polar surface area (TPSA) is 61.7 Å². The van der Waals surface area contributed by atoms with Gasteiger partial charge in [0.25, 0.3) is 0 Å². The van der Waals surface area contributed by atoms with Gasteiger partial charge in [0.2, 0.25) is 0 Å². The number of nitrogens with zero attached hydrogens (tertiary/aromatic N) is 2. The van der Waals surface area contributed by atoms with Crippen LogP contribution in [0.25, 0.3) is 11.0 Å². The van der Waals surface area contributed by atoms with Crippen molar-refractivity contribution in [1.82, 2.24) is 9.97 Å². The first-order chi connectivity index (χ1) is 8.22. The molecule has 0 unspecified atom stereocenters. The molecule has 88 valence electrons. The molecular weight excluding hydrogens is 234 g/mol. The second-order valence-electron chi connectivity index (χ2n) is 3.54. The van der Waals surface area contributed by atoms with Gasteiger partial charge in [0.05, 0.1) is 29.0 Å². The van der Waals surface area contributed by atoms with E-state index in [4.69, 9.17) is 10.00 Å². The van der Waals surface area contributed by atoms with Crippen molar-refractivity contribution in [3.63, 3.8) is 0 Å². The smallest absolute Gasteiger partial charge is 0.167 e. The van der Waals surface area contributed by atoms with Crippen molar-refractivity contribution in [1.29, 1.82) is 5.26 Å². The maximum Gasteiger partial charge on any atom is 0.167 e. The molecule has 0 radical (unpaired) electrons. The Bertz CT molecular complexity index is 558. The van der Waals surface area contributed by atoms with E-state index in [2.05, 4.69) is 16.0 Å². The molecule has 1 aromatic heterocycles. The summed E-state index contributed by atoms with van der Waals surface area (Å²) in [5.41, 5.74) is 1.82. The summed E-state index contributed by atoms with van der Waals surface area (Å²) in [6, 6.07) is 7.90. The summed E-state index contributed by atoms with van der Waals surface area (Å²) in [6.07, 6.45) is 0. The minimum Gasteiger partial charge on any atom is -0.494 e. The number of imidazole rings is 1. The van der Waals surface area contributed by atoms with Gasteiger partial charge in [-0.15, -0.1) is 0 Å². The van der Waals surface area contributed by atoms with Gasteiger partial charge in [-0.3, -0.25) is 0 Å². The van der Waals surface area contributed by atoms with E-state index in [1.165, 1.54) is 11.8 Å². The summed E-state index contributed by atoms with van der Waals surface area (Å²) >= 11 is 1.42. The summed E-state index contributed by atoms with van der Waals surface area (Å²) in [7, 11) is 0. The first-order valence-electron chi connectivity index (χ1n) is 5.41. The largest absolute Gasteiger partial charge is 0.494 e. The first kappa shape index (κ1) is 11.8. The second kappa shape index (κ2) is 5.11. The van der Waals surface area contributed by atoms with Crippen molar-refractivity contribution >= 4 is 22.8 Å². The normalized spacial score (nSPS) is 12.3. The highest BCUT2D eigenvalue weighted by Gasteiger charge is 2.08. The van der Waals surface area contributed by atoms with Gasteiger partial charge in [0.1, 0.15) is 5.75 Å². The van der Waals surface area contributed by atoms with E-state index in [0.29, 0.717) is 6.61 Å². The SMILES string of the molecule is CCOc1ccc2nc(S[C@@H](C)C#N)[nH]c2c1. The molecule has 17 heavy (non-hydrogen) atoms. The number of hydrogen-bond donors (Lipinski definition) is 1. The third-order valence-electron chi connectivity index (χ3n) is 2.21. The van der Waals surface area contributed by atoms with Crippen molar-refractivity contribution in [2.75, 3.05) is 6.61 Å². The predicted octanol–water partition coefficient (Wildman–Crippen LogP) is 2.97. The third-order valence-corrected chi connectivity index (χ3v) is 3.09. The number of rotatable bonds is 4. The fourth-order valence-electron chi connectivity index (χ4n) is 1.47. The number of aromatic amines is 1. The van der Waals surface area contributed by atoms with Crippen LogP contribution in [0.2, 0.25) is 0 Å². The summed E-state index contributed by atoms with van der Waals surface area (Å²) in [6.45, 7) is 4.45. The van der Waals surface area contributed by atoms with E-state index in [0.717, 1.165) is 21.9 Å². The molecule has 1 atom stereocenters. The van der Waals surface area contributed by atoms with Gasteiger partial charge in [-0.1, -0.05) is 11.8 Å². The van der Waals surface area contributed by atoms with Gasteiger partial charge in [-0.2, -0.15) is 5.26 Å². The fourth-order valence-corrected chi connectivity index (χ4v) is 2.18. The molecule has 1 N–H and O–H groups in total. The Hall–Kier alpha value is -1.67. The summed E-state index contributed by atoms with van der Waals surface area (Å²) in [5, 5.41) is 9.41. The summed E-state index contributed by atoms with van der Waals surface area (Å²) < 4.78 is 5.42. The van der Waals surface area contributed by atoms with Gasteiger partial charge in [0, 0.05) is 6.07 Å². The highest BCUT2D eigenvalue weighted by Crippen LogP contribution is 2.25. The second-order valence-corrected chi connectivity index (χ2v) is 4.87. The molecule has 4 nitrogen and oxygen atoms in total. The lowest BCUT2D eigenvalue weighted by molar-refractivity contribution is 0.340. The molecule has 0 spiro atoms. The number of aromatic nitrogens is 2. The zero-order valence-electron chi connectivity index (χ0n) is 9.73. The number of H-pyrrole nitrogens is 1. The van der Waals surface area contributed by atoms with Gasteiger partial charge in [-0.05, 0) is 26.0 Å². The Morgan fingerprint density at radius 2 is 2.41 bits per heavy atom. The quantitative estimate of drug-likeness (QED) is 0.844.